The number of hydrogen-bond acceptors (Lipinski definition) is 4. The molecule has 0 bridgehead atoms. The lowest BCUT2D eigenvalue weighted by molar-refractivity contribution is -0.384. The first kappa shape index (κ1) is 12.7. The molecule has 20 heavy (non-hydrogen) atoms. The van der Waals surface area contributed by atoms with Gasteiger partial charge >= 0.3 is 0 Å². The average molecular weight is 285 g/mol. The van der Waals surface area contributed by atoms with Crippen molar-refractivity contribution in [2.24, 2.45) is 0 Å². The van der Waals surface area contributed by atoms with Gasteiger partial charge in [-0.25, -0.2) is 0 Å². The van der Waals surface area contributed by atoms with Gasteiger partial charge in [0.2, 0.25) is 0 Å². The Morgan fingerprint density at radius 2 is 1.95 bits per heavy atom. The molecule has 0 saturated carbocycles. The molecule has 0 radical (unpaired) electrons. The maximum atomic E-state index is 12.6. The molecule has 1 heterocycles. The van der Waals surface area contributed by atoms with Crippen LogP contribution >= 0.6 is 11.3 Å². The van der Waals surface area contributed by atoms with Crippen LogP contribution in [0.25, 0.3) is 20.2 Å². The van der Waals surface area contributed by atoms with Crippen LogP contribution in [0, 0.1) is 10.1 Å². The molecule has 1 aromatic heterocycles. The molecule has 0 saturated heterocycles. The molecule has 0 aliphatic carbocycles. The van der Waals surface area contributed by atoms with Crippen LogP contribution in [-0.2, 0) is 6.42 Å². The second kappa shape index (κ2) is 4.68. The van der Waals surface area contributed by atoms with Gasteiger partial charge in [-0.05, 0) is 24.1 Å². The Balaban J connectivity index is 2.54. The number of nitro groups is 1. The summed E-state index contributed by atoms with van der Waals surface area (Å²) in [4.78, 5) is 23.2. The normalized spacial score (nSPS) is 11.1. The number of non-ortho nitro benzene ring substituents is 1. The molecule has 0 N–H and O–H groups in total. The smallest absolute Gasteiger partial charge is 0.271 e. The minimum Gasteiger partial charge on any atom is -0.288 e. The zero-order chi connectivity index (χ0) is 14.3. The van der Waals surface area contributed by atoms with E-state index in [2.05, 4.69) is 0 Å². The molecule has 0 unspecified atom stereocenters. The lowest BCUT2D eigenvalue weighted by atomic mass is 10.1. The quantitative estimate of drug-likeness (QED) is 0.408. The molecule has 100 valence electrons. The number of fused-ring (bicyclic) bond motifs is 2. The van der Waals surface area contributed by atoms with Gasteiger partial charge in [0.1, 0.15) is 0 Å². The van der Waals surface area contributed by atoms with E-state index in [4.69, 9.17) is 0 Å². The Morgan fingerprint density at radius 3 is 2.65 bits per heavy atom. The minimum absolute atomic E-state index is 0.0407. The molecular formula is C15H11NO3S. The summed E-state index contributed by atoms with van der Waals surface area (Å²) in [6.45, 7) is 1.90. The van der Waals surface area contributed by atoms with Crippen LogP contribution in [0.3, 0.4) is 0 Å². The number of nitrogens with zero attached hydrogens (tertiary/aromatic N) is 1. The van der Waals surface area contributed by atoms with Crippen molar-refractivity contribution in [2.45, 2.75) is 13.3 Å². The molecule has 0 atom stereocenters. The Bertz CT molecular complexity index is 899. The second-order valence-corrected chi connectivity index (χ2v) is 5.60. The predicted octanol–water partition coefficient (Wildman–Crippen LogP) is 3.89. The molecule has 5 heteroatoms. The molecule has 0 fully saturated rings. The van der Waals surface area contributed by atoms with Gasteiger partial charge in [-0.15, -0.1) is 11.3 Å². The first-order chi connectivity index (χ1) is 9.61. The van der Waals surface area contributed by atoms with Gasteiger partial charge < -0.3 is 0 Å². The van der Waals surface area contributed by atoms with Gasteiger partial charge in [0.05, 0.1) is 4.92 Å². The SMILES string of the molecule is CCc1cc([N+](=O)[O-])cc2sc3ccccc3c(=O)c12. The van der Waals surface area contributed by atoms with Gasteiger partial charge in [-0.3, -0.25) is 14.9 Å². The summed E-state index contributed by atoms with van der Waals surface area (Å²) in [6.07, 6.45) is 0.596. The highest BCUT2D eigenvalue weighted by Crippen LogP contribution is 2.30. The van der Waals surface area contributed by atoms with E-state index in [1.807, 2.05) is 25.1 Å². The van der Waals surface area contributed by atoms with Crippen molar-refractivity contribution >= 4 is 37.2 Å². The van der Waals surface area contributed by atoms with Crippen molar-refractivity contribution in [3.8, 4) is 0 Å². The van der Waals surface area contributed by atoms with E-state index >= 15 is 0 Å². The Kier molecular flexibility index (Phi) is 2.99. The largest absolute Gasteiger partial charge is 0.288 e. The van der Waals surface area contributed by atoms with E-state index in [9.17, 15) is 14.9 Å². The molecular weight excluding hydrogens is 274 g/mol. The lowest BCUT2D eigenvalue weighted by Gasteiger charge is -2.05. The van der Waals surface area contributed by atoms with Crippen LogP contribution in [-0.4, -0.2) is 4.92 Å². The summed E-state index contributed by atoms with van der Waals surface area (Å²) < 4.78 is 1.53. The van der Waals surface area contributed by atoms with Crippen LogP contribution < -0.4 is 5.43 Å². The van der Waals surface area contributed by atoms with Crippen molar-refractivity contribution in [2.75, 3.05) is 0 Å². The number of aryl methyl sites for hydroxylation is 1. The molecule has 0 aliphatic heterocycles. The number of hydrogen-bond donors (Lipinski definition) is 0. The highest BCUT2D eigenvalue weighted by Gasteiger charge is 2.15. The van der Waals surface area contributed by atoms with Crippen LogP contribution in [0.15, 0.2) is 41.2 Å². The third-order valence-electron chi connectivity index (χ3n) is 3.34. The van der Waals surface area contributed by atoms with E-state index in [1.165, 1.54) is 23.5 Å². The Morgan fingerprint density at radius 1 is 1.20 bits per heavy atom. The van der Waals surface area contributed by atoms with Crippen molar-refractivity contribution in [3.05, 3.63) is 62.3 Å². The fourth-order valence-corrected chi connectivity index (χ4v) is 3.54. The lowest BCUT2D eigenvalue weighted by Crippen LogP contribution is -2.04. The molecule has 3 rings (SSSR count). The first-order valence-electron chi connectivity index (χ1n) is 6.24. The van der Waals surface area contributed by atoms with Gasteiger partial charge in [-0.1, -0.05) is 19.1 Å². The fraction of sp³-hybridized carbons (Fsp3) is 0.133. The molecule has 0 spiro atoms. The fourth-order valence-electron chi connectivity index (χ4n) is 2.38. The van der Waals surface area contributed by atoms with Crippen molar-refractivity contribution in [1.29, 1.82) is 0 Å². The summed E-state index contributed by atoms with van der Waals surface area (Å²) in [5.41, 5.74) is 0.739. The highest BCUT2D eigenvalue weighted by atomic mass is 32.1. The highest BCUT2D eigenvalue weighted by molar-refractivity contribution is 7.24. The first-order valence-corrected chi connectivity index (χ1v) is 7.06. The zero-order valence-electron chi connectivity index (χ0n) is 10.8. The van der Waals surface area contributed by atoms with E-state index in [-0.39, 0.29) is 11.1 Å². The van der Waals surface area contributed by atoms with Crippen LogP contribution in [0.2, 0.25) is 0 Å². The van der Waals surface area contributed by atoms with Gasteiger partial charge in [-0.2, -0.15) is 0 Å². The number of benzene rings is 2. The molecule has 2 aromatic carbocycles. The topological polar surface area (TPSA) is 60.2 Å². The maximum absolute atomic E-state index is 12.6. The Labute approximate surface area is 118 Å². The average Bonchev–Trinajstić information content (AvgIpc) is 2.46. The second-order valence-electron chi connectivity index (χ2n) is 4.52. The van der Waals surface area contributed by atoms with E-state index in [1.54, 1.807) is 6.07 Å². The molecule has 4 nitrogen and oxygen atoms in total. The van der Waals surface area contributed by atoms with Crippen LogP contribution in [0.4, 0.5) is 5.69 Å². The minimum atomic E-state index is -0.412. The Hall–Kier alpha value is -2.27. The monoisotopic (exact) mass is 285 g/mol. The summed E-state index contributed by atoms with van der Waals surface area (Å²) in [6, 6.07) is 10.4. The van der Waals surface area contributed by atoms with Crippen molar-refractivity contribution in [3.63, 3.8) is 0 Å². The number of rotatable bonds is 2. The van der Waals surface area contributed by atoms with Gasteiger partial charge in [0, 0.05) is 32.3 Å². The summed E-state index contributed by atoms with van der Waals surface area (Å²) in [5.74, 6) is 0. The van der Waals surface area contributed by atoms with Crippen molar-refractivity contribution in [1.82, 2.24) is 0 Å². The molecule has 0 amide bonds. The molecule has 3 aromatic rings. The van der Waals surface area contributed by atoms with E-state index < -0.39 is 4.92 Å². The zero-order valence-corrected chi connectivity index (χ0v) is 11.6. The predicted molar refractivity (Wildman–Crippen MR) is 81.6 cm³/mol. The third-order valence-corrected chi connectivity index (χ3v) is 4.46. The third kappa shape index (κ3) is 1.87. The summed E-state index contributed by atoms with van der Waals surface area (Å²) in [5, 5.41) is 12.3. The summed E-state index contributed by atoms with van der Waals surface area (Å²) >= 11 is 1.42. The standard InChI is InChI=1S/C15H11NO3S/c1-2-9-7-10(16(18)19)8-13-14(9)15(17)11-5-3-4-6-12(11)20-13/h3-8H,2H2,1H3. The summed E-state index contributed by atoms with van der Waals surface area (Å²) in [7, 11) is 0. The van der Waals surface area contributed by atoms with Crippen molar-refractivity contribution < 1.29 is 4.92 Å². The van der Waals surface area contributed by atoms with Gasteiger partial charge in [0.15, 0.2) is 5.43 Å². The van der Waals surface area contributed by atoms with Gasteiger partial charge in [0.25, 0.3) is 5.69 Å². The van der Waals surface area contributed by atoms with E-state index in [0.29, 0.717) is 21.9 Å². The van der Waals surface area contributed by atoms with E-state index in [0.717, 1.165) is 10.3 Å². The van der Waals surface area contributed by atoms with Crippen LogP contribution in [0.5, 0.6) is 0 Å². The molecule has 0 aliphatic rings. The number of nitro benzene ring substituents is 1. The maximum Gasteiger partial charge on any atom is 0.271 e. The van der Waals surface area contributed by atoms with Crippen LogP contribution in [0.1, 0.15) is 12.5 Å².